The molecule has 4 nitrogen and oxygen atoms in total. The van der Waals surface area contributed by atoms with Gasteiger partial charge in [0.15, 0.2) is 0 Å². The molecular formula is C19H19Cl3N4. The molecule has 0 fully saturated rings. The molecule has 0 aliphatic heterocycles. The zero-order valence-electron chi connectivity index (χ0n) is 14.5. The van der Waals surface area contributed by atoms with Crippen LogP contribution in [0.2, 0.25) is 15.6 Å². The van der Waals surface area contributed by atoms with Crippen molar-refractivity contribution in [2.24, 2.45) is 0 Å². The summed E-state index contributed by atoms with van der Waals surface area (Å²) in [5.74, 6) is 0.248. The Bertz CT molecular complexity index is 795. The van der Waals surface area contributed by atoms with Gasteiger partial charge in [-0.2, -0.15) is 15.0 Å². The van der Waals surface area contributed by atoms with E-state index in [0.29, 0.717) is 10.7 Å². The Hall–Kier alpha value is -1.88. The SMILES string of the molecule is CCc1ccc(CC)cc1.Clc1nc(Cl)nc(Nc2ccccc2Cl)n1. The third kappa shape index (κ3) is 6.45. The van der Waals surface area contributed by atoms with Crippen LogP contribution in [0.1, 0.15) is 25.0 Å². The maximum atomic E-state index is 5.95. The number of para-hydroxylation sites is 1. The summed E-state index contributed by atoms with van der Waals surface area (Å²) in [6.07, 6.45) is 2.29. The Morgan fingerprint density at radius 1 is 0.731 bits per heavy atom. The van der Waals surface area contributed by atoms with Gasteiger partial charge >= 0.3 is 0 Å². The first kappa shape index (κ1) is 20.4. The summed E-state index contributed by atoms with van der Waals surface area (Å²) < 4.78 is 0. The van der Waals surface area contributed by atoms with Gasteiger partial charge in [0.25, 0.3) is 0 Å². The Labute approximate surface area is 168 Å². The highest BCUT2D eigenvalue weighted by Crippen LogP contribution is 2.23. The van der Waals surface area contributed by atoms with Gasteiger partial charge in [-0.3, -0.25) is 0 Å². The molecule has 0 bridgehead atoms. The number of nitrogens with zero attached hydrogens (tertiary/aromatic N) is 3. The number of benzene rings is 2. The summed E-state index contributed by atoms with van der Waals surface area (Å²) in [6.45, 7) is 4.36. The largest absolute Gasteiger partial charge is 0.323 e. The molecular weight excluding hydrogens is 391 g/mol. The number of aromatic nitrogens is 3. The zero-order valence-corrected chi connectivity index (χ0v) is 16.8. The van der Waals surface area contributed by atoms with Crippen LogP contribution in [0.3, 0.4) is 0 Å². The first-order valence-corrected chi connectivity index (χ1v) is 9.31. The van der Waals surface area contributed by atoms with Crippen LogP contribution in [0.5, 0.6) is 0 Å². The highest BCUT2D eigenvalue weighted by atomic mass is 35.5. The first-order valence-electron chi connectivity index (χ1n) is 8.18. The zero-order chi connectivity index (χ0) is 18.9. The number of hydrogen-bond donors (Lipinski definition) is 1. The van der Waals surface area contributed by atoms with Crippen LogP contribution in [-0.2, 0) is 12.8 Å². The summed E-state index contributed by atoms with van der Waals surface area (Å²) in [5.41, 5.74) is 3.52. The monoisotopic (exact) mass is 408 g/mol. The van der Waals surface area contributed by atoms with Gasteiger partial charge in [-0.05, 0) is 59.3 Å². The van der Waals surface area contributed by atoms with E-state index in [2.05, 4.69) is 58.4 Å². The molecule has 0 aliphatic rings. The number of halogens is 3. The summed E-state index contributed by atoms with van der Waals surface area (Å²) in [5, 5.41) is 3.49. The minimum absolute atomic E-state index is 0.0227. The van der Waals surface area contributed by atoms with Crippen LogP contribution in [-0.4, -0.2) is 15.0 Å². The second kappa shape index (κ2) is 10.3. The molecule has 136 valence electrons. The van der Waals surface area contributed by atoms with Gasteiger partial charge in [-0.25, -0.2) is 0 Å². The van der Waals surface area contributed by atoms with Gasteiger partial charge in [0.2, 0.25) is 16.5 Å². The van der Waals surface area contributed by atoms with Crippen molar-refractivity contribution in [1.82, 2.24) is 15.0 Å². The number of nitrogens with one attached hydrogen (secondary N) is 1. The molecule has 0 atom stereocenters. The molecule has 1 aromatic heterocycles. The molecule has 0 saturated carbocycles. The predicted molar refractivity (Wildman–Crippen MR) is 110 cm³/mol. The highest BCUT2D eigenvalue weighted by molar-refractivity contribution is 6.33. The van der Waals surface area contributed by atoms with Gasteiger partial charge in [-0.1, -0.05) is 61.8 Å². The van der Waals surface area contributed by atoms with E-state index in [1.165, 1.54) is 11.1 Å². The smallest absolute Gasteiger partial charge is 0.232 e. The predicted octanol–water partition coefficient (Wildman–Crippen LogP) is 6.39. The summed E-state index contributed by atoms with van der Waals surface area (Å²) >= 11 is 17.2. The van der Waals surface area contributed by atoms with Gasteiger partial charge in [-0.15, -0.1) is 0 Å². The molecule has 1 heterocycles. The molecule has 26 heavy (non-hydrogen) atoms. The van der Waals surface area contributed by atoms with E-state index in [-0.39, 0.29) is 16.5 Å². The third-order valence-electron chi connectivity index (χ3n) is 3.54. The number of aryl methyl sites for hydroxylation is 2. The molecule has 0 radical (unpaired) electrons. The summed E-state index contributed by atoms with van der Waals surface area (Å²) in [7, 11) is 0. The Balaban J connectivity index is 0.000000209. The summed E-state index contributed by atoms with van der Waals surface area (Å²) in [4.78, 5) is 11.4. The van der Waals surface area contributed by atoms with E-state index in [9.17, 15) is 0 Å². The van der Waals surface area contributed by atoms with E-state index in [1.807, 2.05) is 12.1 Å². The normalized spacial score (nSPS) is 10.0. The molecule has 7 heteroatoms. The first-order chi connectivity index (χ1) is 12.5. The van der Waals surface area contributed by atoms with Crippen LogP contribution in [0, 0.1) is 0 Å². The minimum Gasteiger partial charge on any atom is -0.323 e. The minimum atomic E-state index is 0.0227. The van der Waals surface area contributed by atoms with Crippen LogP contribution >= 0.6 is 34.8 Å². The Morgan fingerprint density at radius 2 is 1.23 bits per heavy atom. The van der Waals surface area contributed by atoms with Gasteiger partial charge in [0.05, 0.1) is 10.7 Å². The molecule has 0 unspecified atom stereocenters. The number of anilines is 2. The molecule has 3 aromatic rings. The van der Waals surface area contributed by atoms with Gasteiger partial charge in [0.1, 0.15) is 0 Å². The number of rotatable bonds is 4. The molecule has 2 aromatic carbocycles. The van der Waals surface area contributed by atoms with Crippen molar-refractivity contribution in [1.29, 1.82) is 0 Å². The fraction of sp³-hybridized carbons (Fsp3) is 0.211. The van der Waals surface area contributed by atoms with Crippen molar-refractivity contribution in [3.63, 3.8) is 0 Å². The van der Waals surface area contributed by atoms with Crippen LogP contribution in [0.4, 0.5) is 11.6 Å². The highest BCUT2D eigenvalue weighted by Gasteiger charge is 2.05. The van der Waals surface area contributed by atoms with Gasteiger partial charge < -0.3 is 5.32 Å². The van der Waals surface area contributed by atoms with Gasteiger partial charge in [0, 0.05) is 0 Å². The van der Waals surface area contributed by atoms with E-state index >= 15 is 0 Å². The van der Waals surface area contributed by atoms with Crippen molar-refractivity contribution in [2.75, 3.05) is 5.32 Å². The lowest BCUT2D eigenvalue weighted by Gasteiger charge is -2.06. The van der Waals surface area contributed by atoms with E-state index in [1.54, 1.807) is 12.1 Å². The fourth-order valence-corrected chi connectivity index (χ4v) is 2.62. The van der Waals surface area contributed by atoms with Crippen molar-refractivity contribution < 1.29 is 0 Å². The van der Waals surface area contributed by atoms with Crippen LogP contribution in [0.25, 0.3) is 0 Å². The lowest BCUT2D eigenvalue weighted by molar-refractivity contribution is 1.05. The van der Waals surface area contributed by atoms with Crippen molar-refractivity contribution in [2.45, 2.75) is 26.7 Å². The van der Waals surface area contributed by atoms with E-state index in [4.69, 9.17) is 34.8 Å². The van der Waals surface area contributed by atoms with Crippen LogP contribution < -0.4 is 5.32 Å². The quantitative estimate of drug-likeness (QED) is 0.542. The maximum Gasteiger partial charge on any atom is 0.232 e. The standard InChI is InChI=1S/C10H14.C9H5Cl3N4/c1-3-9-5-7-10(4-2)8-6-9;10-5-3-1-2-4-6(5)13-9-15-7(11)14-8(12)16-9/h5-8H,3-4H2,1-2H3;1-4H,(H,13,14,15,16). The molecule has 3 rings (SSSR count). The Morgan fingerprint density at radius 3 is 1.69 bits per heavy atom. The number of hydrogen-bond acceptors (Lipinski definition) is 4. The molecule has 0 amide bonds. The topological polar surface area (TPSA) is 50.7 Å². The molecule has 0 aliphatic carbocycles. The molecule has 0 spiro atoms. The lowest BCUT2D eigenvalue weighted by Crippen LogP contribution is -1.99. The molecule has 0 saturated heterocycles. The second-order valence-electron chi connectivity index (χ2n) is 5.33. The molecule has 1 N–H and O–H groups in total. The lowest BCUT2D eigenvalue weighted by atomic mass is 10.1. The third-order valence-corrected chi connectivity index (χ3v) is 4.21. The summed E-state index contributed by atoms with van der Waals surface area (Å²) in [6, 6.07) is 16.0. The van der Waals surface area contributed by atoms with E-state index < -0.39 is 0 Å². The van der Waals surface area contributed by atoms with Crippen molar-refractivity contribution in [3.05, 3.63) is 75.2 Å². The second-order valence-corrected chi connectivity index (χ2v) is 6.41. The Kier molecular flexibility index (Phi) is 8.10. The average Bonchev–Trinajstić information content (AvgIpc) is 2.63. The van der Waals surface area contributed by atoms with E-state index in [0.717, 1.165) is 12.8 Å². The van der Waals surface area contributed by atoms with Crippen molar-refractivity contribution >= 4 is 46.4 Å². The maximum absolute atomic E-state index is 5.95. The van der Waals surface area contributed by atoms with Crippen LogP contribution in [0.15, 0.2) is 48.5 Å². The van der Waals surface area contributed by atoms with Crippen molar-refractivity contribution in [3.8, 4) is 0 Å². The average molecular weight is 410 g/mol. The fourth-order valence-electron chi connectivity index (χ4n) is 2.08.